The highest BCUT2D eigenvalue weighted by molar-refractivity contribution is 7.53. The Labute approximate surface area is 198 Å². The van der Waals surface area contributed by atoms with Gasteiger partial charge in [0.25, 0.3) is 5.69 Å². The highest BCUT2D eigenvalue weighted by Gasteiger charge is 2.38. The molecule has 0 heterocycles. The van der Waals surface area contributed by atoms with Gasteiger partial charge in [-0.1, -0.05) is 11.6 Å². The van der Waals surface area contributed by atoms with E-state index in [1.807, 2.05) is 0 Å². The van der Waals surface area contributed by atoms with Crippen LogP contribution in [0.15, 0.2) is 36.4 Å². The van der Waals surface area contributed by atoms with Crippen LogP contribution in [0.25, 0.3) is 0 Å². The van der Waals surface area contributed by atoms with Gasteiger partial charge >= 0.3 is 13.8 Å². The summed E-state index contributed by atoms with van der Waals surface area (Å²) in [6.07, 6.45) is -5.43. The van der Waals surface area contributed by atoms with E-state index < -0.39 is 42.0 Å². The Balaban J connectivity index is 2.25. The van der Waals surface area contributed by atoms with Gasteiger partial charge in [-0.15, -0.1) is 0 Å². The summed E-state index contributed by atoms with van der Waals surface area (Å²) < 4.78 is 74.1. The number of alkyl halides is 3. The van der Waals surface area contributed by atoms with Crippen LogP contribution in [0.5, 0.6) is 11.5 Å². The van der Waals surface area contributed by atoms with E-state index in [0.717, 1.165) is 6.07 Å². The first-order chi connectivity index (χ1) is 16.0. The number of nitrogens with zero attached hydrogens (tertiary/aromatic N) is 1. The molecule has 9 nitrogen and oxygen atoms in total. The quantitative estimate of drug-likeness (QED) is 0.139. The molecule has 0 saturated carbocycles. The Hall–Kier alpha value is -2.53. The normalized spacial score (nSPS) is 11.8. The molecule has 2 aromatic rings. The predicted molar refractivity (Wildman–Crippen MR) is 120 cm³/mol. The number of nitro groups is 1. The van der Waals surface area contributed by atoms with Gasteiger partial charge in [0, 0.05) is 17.2 Å². The summed E-state index contributed by atoms with van der Waals surface area (Å²) in [5, 5.41) is 14.4. The highest BCUT2D eigenvalue weighted by atomic mass is 35.5. The number of ether oxygens (including phenoxy) is 2. The molecule has 0 fully saturated rings. The van der Waals surface area contributed by atoms with E-state index in [4.69, 9.17) is 30.1 Å². The summed E-state index contributed by atoms with van der Waals surface area (Å²) in [5.41, 5.74) is -2.56. The summed E-state index contributed by atoms with van der Waals surface area (Å²) in [6.45, 7) is 2.82. The van der Waals surface area contributed by atoms with Gasteiger partial charge in [-0.2, -0.15) is 13.2 Å². The molecular formula is C20H23ClF3N2O7P. The Morgan fingerprint density at radius 1 is 1.06 bits per heavy atom. The van der Waals surface area contributed by atoms with Crippen LogP contribution < -0.4 is 14.8 Å². The topological polar surface area (TPSA) is 109 Å². The molecule has 14 heteroatoms. The van der Waals surface area contributed by atoms with Gasteiger partial charge in [-0.25, -0.2) is 0 Å². The monoisotopic (exact) mass is 526 g/mol. The van der Waals surface area contributed by atoms with Gasteiger partial charge in [-0.3, -0.25) is 14.7 Å². The fourth-order valence-corrected chi connectivity index (χ4v) is 4.28. The Bertz CT molecular complexity index is 1010. The van der Waals surface area contributed by atoms with E-state index in [2.05, 4.69) is 5.32 Å². The zero-order chi connectivity index (χ0) is 25.4. The van der Waals surface area contributed by atoms with Gasteiger partial charge in [0.2, 0.25) is 0 Å². The molecule has 0 aliphatic heterocycles. The predicted octanol–water partition coefficient (Wildman–Crippen LogP) is 6.36. The first kappa shape index (κ1) is 27.7. The second kappa shape index (κ2) is 12.3. The standard InChI is InChI=1S/C20H23ClF3N2O7P/c1-3-32-34(29,33-4-2)13-25-17-12-19(16(20(22,23)24)11-18(17)26(27)28)31-10-9-30-15-7-5-14(21)6-8-15/h5-8,11-12,25H,3-4,9-10,13H2,1-2H3. The van der Waals surface area contributed by atoms with Crippen LogP contribution in [0.1, 0.15) is 19.4 Å². The number of halogens is 4. The van der Waals surface area contributed by atoms with Crippen molar-refractivity contribution >= 4 is 30.6 Å². The van der Waals surface area contributed by atoms with Crippen molar-refractivity contribution in [3.63, 3.8) is 0 Å². The SMILES string of the molecule is CCOP(=O)(CNc1cc(OCCOc2ccc(Cl)cc2)c(C(F)(F)F)cc1[N+](=O)[O-])OCC. The maximum absolute atomic E-state index is 13.6. The van der Waals surface area contributed by atoms with E-state index >= 15 is 0 Å². The average Bonchev–Trinajstić information content (AvgIpc) is 2.76. The molecule has 1 N–H and O–H groups in total. The van der Waals surface area contributed by atoms with Crippen molar-refractivity contribution in [1.82, 2.24) is 0 Å². The van der Waals surface area contributed by atoms with Crippen molar-refractivity contribution in [2.24, 2.45) is 0 Å². The van der Waals surface area contributed by atoms with Crippen LogP contribution in [0.2, 0.25) is 5.02 Å². The van der Waals surface area contributed by atoms with Gasteiger partial charge in [0.1, 0.15) is 42.2 Å². The van der Waals surface area contributed by atoms with Gasteiger partial charge in [0.05, 0.1) is 18.1 Å². The number of nitrogens with one attached hydrogen (secondary N) is 1. The molecule has 0 bridgehead atoms. The largest absolute Gasteiger partial charge is 0.490 e. The van der Waals surface area contributed by atoms with E-state index in [0.29, 0.717) is 16.8 Å². The molecule has 2 rings (SSSR count). The lowest BCUT2D eigenvalue weighted by Crippen LogP contribution is -2.15. The highest BCUT2D eigenvalue weighted by Crippen LogP contribution is 2.49. The zero-order valence-corrected chi connectivity index (χ0v) is 19.9. The third-order valence-corrected chi connectivity index (χ3v) is 6.24. The third-order valence-electron chi connectivity index (χ3n) is 4.14. The zero-order valence-electron chi connectivity index (χ0n) is 18.3. The van der Waals surface area contributed by atoms with Crippen molar-refractivity contribution in [3.8, 4) is 11.5 Å². The second-order valence-electron chi connectivity index (χ2n) is 6.55. The number of rotatable bonds is 13. The lowest BCUT2D eigenvalue weighted by Gasteiger charge is -2.19. The van der Waals surface area contributed by atoms with Gasteiger partial charge in [0.15, 0.2) is 0 Å². The average molecular weight is 527 g/mol. The van der Waals surface area contributed by atoms with Gasteiger partial charge < -0.3 is 23.8 Å². The minimum absolute atomic E-state index is 0.0377. The van der Waals surface area contributed by atoms with Crippen molar-refractivity contribution in [3.05, 3.63) is 57.1 Å². The van der Waals surface area contributed by atoms with E-state index in [1.54, 1.807) is 38.1 Å². The Morgan fingerprint density at radius 3 is 2.18 bits per heavy atom. The molecular weight excluding hydrogens is 504 g/mol. The lowest BCUT2D eigenvalue weighted by atomic mass is 10.1. The number of anilines is 1. The van der Waals surface area contributed by atoms with Crippen LogP contribution >= 0.6 is 19.2 Å². The first-order valence-corrected chi connectivity index (χ1v) is 12.1. The van der Waals surface area contributed by atoms with Crippen molar-refractivity contribution in [2.75, 3.05) is 38.0 Å². The lowest BCUT2D eigenvalue weighted by molar-refractivity contribution is -0.384. The fourth-order valence-electron chi connectivity index (χ4n) is 2.75. The van der Waals surface area contributed by atoms with Crippen LogP contribution in [0, 0.1) is 10.1 Å². The van der Waals surface area contributed by atoms with Crippen molar-refractivity contribution < 1.29 is 41.2 Å². The first-order valence-electron chi connectivity index (χ1n) is 10.0. The van der Waals surface area contributed by atoms with E-state index in [9.17, 15) is 27.9 Å². The molecule has 34 heavy (non-hydrogen) atoms. The Morgan fingerprint density at radius 2 is 1.65 bits per heavy atom. The molecule has 0 saturated heterocycles. The molecule has 0 aliphatic carbocycles. The maximum Gasteiger partial charge on any atom is 0.420 e. The van der Waals surface area contributed by atoms with Crippen molar-refractivity contribution in [2.45, 2.75) is 20.0 Å². The molecule has 0 atom stereocenters. The van der Waals surface area contributed by atoms with E-state index in [1.165, 1.54) is 0 Å². The molecule has 0 spiro atoms. The maximum atomic E-state index is 13.6. The molecule has 0 radical (unpaired) electrons. The van der Waals surface area contributed by atoms with E-state index in [-0.39, 0.29) is 32.1 Å². The number of nitro benzene ring substituents is 1. The fraction of sp³-hybridized carbons (Fsp3) is 0.400. The molecule has 2 aromatic carbocycles. The number of hydrogen-bond acceptors (Lipinski definition) is 8. The molecule has 0 unspecified atom stereocenters. The summed E-state index contributed by atoms with van der Waals surface area (Å²) >= 11 is 5.78. The molecule has 0 aromatic heterocycles. The Kier molecular flexibility index (Phi) is 9.99. The van der Waals surface area contributed by atoms with Crippen LogP contribution in [-0.2, 0) is 19.8 Å². The van der Waals surface area contributed by atoms with Gasteiger partial charge in [-0.05, 0) is 38.1 Å². The van der Waals surface area contributed by atoms with Crippen molar-refractivity contribution in [1.29, 1.82) is 0 Å². The summed E-state index contributed by atoms with van der Waals surface area (Å²) in [6, 6.07) is 7.49. The number of benzene rings is 2. The molecule has 0 aliphatic rings. The molecule has 0 amide bonds. The number of hydrogen-bond donors (Lipinski definition) is 1. The summed E-state index contributed by atoms with van der Waals surface area (Å²) in [5.74, 6) is -0.236. The third kappa shape index (κ3) is 8.05. The molecule has 188 valence electrons. The van der Waals surface area contributed by atoms with Crippen LogP contribution in [0.3, 0.4) is 0 Å². The minimum Gasteiger partial charge on any atom is -0.490 e. The summed E-state index contributed by atoms with van der Waals surface area (Å²) in [4.78, 5) is 10.4. The van der Waals surface area contributed by atoms with Crippen LogP contribution in [0.4, 0.5) is 24.5 Å². The second-order valence-corrected chi connectivity index (χ2v) is 9.04. The minimum atomic E-state index is -4.93. The summed E-state index contributed by atoms with van der Waals surface area (Å²) in [7, 11) is -3.68. The smallest absolute Gasteiger partial charge is 0.420 e. The van der Waals surface area contributed by atoms with Crippen LogP contribution in [-0.4, -0.2) is 37.6 Å².